The Kier molecular flexibility index (Phi) is 5.84. The summed E-state index contributed by atoms with van der Waals surface area (Å²) in [6.07, 6.45) is 4.46. The van der Waals surface area contributed by atoms with Crippen molar-refractivity contribution in [1.82, 2.24) is 20.3 Å². The van der Waals surface area contributed by atoms with Crippen molar-refractivity contribution in [1.29, 1.82) is 0 Å². The number of hydrogen-bond donors (Lipinski definition) is 2. The van der Waals surface area contributed by atoms with Crippen molar-refractivity contribution in [3.8, 4) is 11.3 Å². The molecule has 0 saturated carbocycles. The van der Waals surface area contributed by atoms with Gasteiger partial charge < -0.3 is 20.3 Å². The zero-order chi connectivity index (χ0) is 22.0. The minimum absolute atomic E-state index is 0.118. The normalized spacial score (nSPS) is 21.6. The summed E-state index contributed by atoms with van der Waals surface area (Å²) in [5, 5.41) is 6.25. The third-order valence-corrected chi connectivity index (χ3v) is 6.04. The monoisotopic (exact) mass is 440 g/mol. The molecule has 0 amide bonds. The van der Waals surface area contributed by atoms with Gasteiger partial charge in [-0.15, -0.1) is 0 Å². The van der Waals surface area contributed by atoms with Crippen LogP contribution in [0.5, 0.6) is 0 Å². The number of nitrogens with one attached hydrogen (secondary N) is 2. The molecule has 9 heteroatoms. The molecule has 5 rings (SSSR count). The SMILES string of the molecule is Fc1cc(-c2cc3nccnc3c(NC[C@]3(F)CCCNC3)n2)ccc1N1CCOCC1. The van der Waals surface area contributed by atoms with Crippen LogP contribution in [0.1, 0.15) is 12.8 Å². The number of morpholine rings is 1. The second kappa shape index (κ2) is 8.91. The van der Waals surface area contributed by atoms with E-state index in [9.17, 15) is 4.39 Å². The lowest BCUT2D eigenvalue weighted by Gasteiger charge is -2.30. The molecule has 1 aromatic carbocycles. The van der Waals surface area contributed by atoms with Crippen LogP contribution in [0, 0.1) is 5.82 Å². The lowest BCUT2D eigenvalue weighted by atomic mass is 9.96. The van der Waals surface area contributed by atoms with Gasteiger partial charge in [-0.1, -0.05) is 6.07 Å². The van der Waals surface area contributed by atoms with Gasteiger partial charge in [-0.2, -0.15) is 0 Å². The minimum atomic E-state index is -1.35. The van der Waals surface area contributed by atoms with Gasteiger partial charge in [0.25, 0.3) is 0 Å². The number of nitrogens with zero attached hydrogens (tertiary/aromatic N) is 4. The number of aromatic nitrogens is 3. The van der Waals surface area contributed by atoms with Gasteiger partial charge in [-0.3, -0.25) is 4.98 Å². The van der Waals surface area contributed by atoms with Crippen LogP contribution in [-0.2, 0) is 4.74 Å². The molecule has 2 saturated heterocycles. The zero-order valence-corrected chi connectivity index (χ0v) is 17.8. The quantitative estimate of drug-likeness (QED) is 0.631. The van der Waals surface area contributed by atoms with E-state index >= 15 is 4.39 Å². The highest BCUT2D eigenvalue weighted by Gasteiger charge is 2.31. The van der Waals surface area contributed by atoms with E-state index in [0.717, 1.165) is 13.0 Å². The van der Waals surface area contributed by atoms with Gasteiger partial charge in [0, 0.05) is 37.6 Å². The number of anilines is 2. The smallest absolute Gasteiger partial charge is 0.155 e. The predicted molar refractivity (Wildman–Crippen MR) is 120 cm³/mol. The fourth-order valence-electron chi connectivity index (χ4n) is 4.29. The zero-order valence-electron chi connectivity index (χ0n) is 17.8. The number of rotatable bonds is 5. The number of piperidine rings is 1. The molecule has 0 aliphatic carbocycles. The molecule has 1 atom stereocenters. The highest BCUT2D eigenvalue weighted by Crippen LogP contribution is 2.30. The molecule has 2 aromatic heterocycles. The van der Waals surface area contributed by atoms with Crippen molar-refractivity contribution >= 4 is 22.5 Å². The lowest BCUT2D eigenvalue weighted by Crippen LogP contribution is -2.46. The number of halogens is 2. The van der Waals surface area contributed by atoms with Crippen molar-refractivity contribution in [2.75, 3.05) is 56.2 Å². The number of pyridine rings is 1. The standard InChI is InChI=1S/C23H26F2N6O/c24-17-12-16(2-3-20(17)31-8-10-32-11-9-31)18-13-19-21(28-7-6-27-19)22(30-18)29-15-23(25)4-1-5-26-14-23/h2-3,6-7,12-13,26H,1,4-5,8-11,14-15H2,(H,29,30)/t23-/m0/s1. The summed E-state index contributed by atoms with van der Waals surface area (Å²) in [7, 11) is 0. The third-order valence-electron chi connectivity index (χ3n) is 6.04. The number of hydrogen-bond acceptors (Lipinski definition) is 7. The number of ether oxygens (including phenoxy) is 1. The van der Waals surface area contributed by atoms with Crippen LogP contribution in [0.4, 0.5) is 20.3 Å². The Morgan fingerprint density at radius 1 is 1.16 bits per heavy atom. The molecular formula is C23H26F2N6O. The average molecular weight is 440 g/mol. The highest BCUT2D eigenvalue weighted by atomic mass is 19.1. The molecule has 4 heterocycles. The second-order valence-electron chi connectivity index (χ2n) is 8.33. The molecule has 2 aliphatic heterocycles. The van der Waals surface area contributed by atoms with Gasteiger partial charge in [0.15, 0.2) is 5.82 Å². The molecule has 3 aromatic rings. The molecule has 0 unspecified atom stereocenters. The summed E-state index contributed by atoms with van der Waals surface area (Å²) in [5.74, 6) is 0.141. The summed E-state index contributed by atoms with van der Waals surface area (Å²) in [6.45, 7) is 3.76. The van der Waals surface area contributed by atoms with Crippen molar-refractivity contribution in [3.63, 3.8) is 0 Å². The van der Waals surface area contributed by atoms with E-state index in [-0.39, 0.29) is 12.4 Å². The first-order chi connectivity index (χ1) is 15.6. The van der Waals surface area contributed by atoms with E-state index in [2.05, 4.69) is 25.6 Å². The molecule has 7 nitrogen and oxygen atoms in total. The fourth-order valence-corrected chi connectivity index (χ4v) is 4.29. The van der Waals surface area contributed by atoms with Crippen LogP contribution >= 0.6 is 0 Å². The average Bonchev–Trinajstić information content (AvgIpc) is 2.83. The van der Waals surface area contributed by atoms with E-state index in [4.69, 9.17) is 4.74 Å². The van der Waals surface area contributed by atoms with Crippen molar-refractivity contribution in [2.24, 2.45) is 0 Å². The Bertz CT molecular complexity index is 1100. The lowest BCUT2D eigenvalue weighted by molar-refractivity contribution is 0.122. The predicted octanol–water partition coefficient (Wildman–Crippen LogP) is 3.17. The Hall–Kier alpha value is -2.91. The van der Waals surface area contributed by atoms with E-state index in [1.165, 1.54) is 6.07 Å². The molecule has 168 valence electrons. The molecular weight excluding hydrogens is 414 g/mol. The fraction of sp³-hybridized carbons (Fsp3) is 0.435. The van der Waals surface area contributed by atoms with Crippen LogP contribution in [0.15, 0.2) is 36.7 Å². The molecule has 2 fully saturated rings. The molecule has 2 aliphatic rings. The number of alkyl halides is 1. The number of benzene rings is 1. The molecule has 0 radical (unpaired) electrons. The molecule has 0 bridgehead atoms. The summed E-state index contributed by atoms with van der Waals surface area (Å²) < 4.78 is 35.4. The van der Waals surface area contributed by atoms with Gasteiger partial charge in [0.1, 0.15) is 17.0 Å². The Morgan fingerprint density at radius 3 is 2.78 bits per heavy atom. The third kappa shape index (κ3) is 4.35. The summed E-state index contributed by atoms with van der Waals surface area (Å²) in [4.78, 5) is 15.4. The molecule has 32 heavy (non-hydrogen) atoms. The maximum Gasteiger partial charge on any atom is 0.155 e. The maximum absolute atomic E-state index is 15.1. The second-order valence-corrected chi connectivity index (χ2v) is 8.33. The van der Waals surface area contributed by atoms with E-state index in [1.807, 2.05) is 11.0 Å². The van der Waals surface area contributed by atoms with Crippen LogP contribution in [0.2, 0.25) is 0 Å². The summed E-state index contributed by atoms with van der Waals surface area (Å²) in [6, 6.07) is 6.89. The summed E-state index contributed by atoms with van der Waals surface area (Å²) in [5.41, 5.74) is 1.57. The van der Waals surface area contributed by atoms with E-state index in [1.54, 1.807) is 24.5 Å². The first-order valence-electron chi connectivity index (χ1n) is 11.0. The molecule has 2 N–H and O–H groups in total. The van der Waals surface area contributed by atoms with Crippen LogP contribution in [0.25, 0.3) is 22.3 Å². The summed E-state index contributed by atoms with van der Waals surface area (Å²) >= 11 is 0. The van der Waals surface area contributed by atoms with E-state index < -0.39 is 5.67 Å². The molecule has 0 spiro atoms. The largest absolute Gasteiger partial charge is 0.378 e. The van der Waals surface area contributed by atoms with Crippen molar-refractivity contribution in [3.05, 3.63) is 42.5 Å². The highest BCUT2D eigenvalue weighted by molar-refractivity contribution is 5.88. The van der Waals surface area contributed by atoms with Crippen molar-refractivity contribution in [2.45, 2.75) is 18.5 Å². The van der Waals surface area contributed by atoms with Crippen LogP contribution in [-0.4, -0.2) is 66.6 Å². The van der Waals surface area contributed by atoms with Crippen LogP contribution < -0.4 is 15.5 Å². The van der Waals surface area contributed by atoms with Crippen LogP contribution in [0.3, 0.4) is 0 Å². The van der Waals surface area contributed by atoms with Gasteiger partial charge >= 0.3 is 0 Å². The van der Waals surface area contributed by atoms with Gasteiger partial charge in [0.05, 0.1) is 36.7 Å². The Labute approximate surface area is 185 Å². The topological polar surface area (TPSA) is 75.2 Å². The van der Waals surface area contributed by atoms with Gasteiger partial charge in [-0.05, 0) is 37.6 Å². The van der Waals surface area contributed by atoms with Gasteiger partial charge in [-0.25, -0.2) is 18.7 Å². The first-order valence-corrected chi connectivity index (χ1v) is 11.0. The van der Waals surface area contributed by atoms with Crippen molar-refractivity contribution < 1.29 is 13.5 Å². The van der Waals surface area contributed by atoms with E-state index in [0.29, 0.717) is 73.1 Å². The Morgan fingerprint density at radius 2 is 2.00 bits per heavy atom. The Balaban J connectivity index is 1.45. The number of fused-ring (bicyclic) bond motifs is 1. The van der Waals surface area contributed by atoms with Gasteiger partial charge in [0.2, 0.25) is 0 Å². The maximum atomic E-state index is 15.1. The minimum Gasteiger partial charge on any atom is -0.378 e. The first kappa shape index (κ1) is 21.0.